The third-order valence-corrected chi connectivity index (χ3v) is 3.24. The maximum absolute atomic E-state index is 3.46. The molecule has 1 N–H and O–H groups in total. The van der Waals surface area contributed by atoms with Gasteiger partial charge in [-0.05, 0) is 52.2 Å². The Morgan fingerprint density at radius 1 is 1.00 bits per heavy atom. The Bertz CT molecular complexity index is 135. The van der Waals surface area contributed by atoms with Gasteiger partial charge in [0.05, 0.1) is 0 Å². The van der Waals surface area contributed by atoms with E-state index in [1.54, 1.807) is 0 Å². The first kappa shape index (κ1) is 8.52. The molecule has 1 aliphatic carbocycles. The van der Waals surface area contributed by atoms with Crippen LogP contribution in [0.3, 0.4) is 0 Å². The van der Waals surface area contributed by atoms with Crippen molar-refractivity contribution in [1.82, 2.24) is 10.2 Å². The minimum absolute atomic E-state index is 0.868. The topological polar surface area (TPSA) is 15.3 Å². The zero-order chi connectivity index (χ0) is 8.39. The lowest BCUT2D eigenvalue weighted by Crippen LogP contribution is -2.34. The van der Waals surface area contributed by atoms with Gasteiger partial charge in [0, 0.05) is 12.1 Å². The molecule has 2 fully saturated rings. The number of nitrogens with zero attached hydrogens (tertiary/aromatic N) is 1. The van der Waals surface area contributed by atoms with Crippen LogP contribution < -0.4 is 5.32 Å². The summed E-state index contributed by atoms with van der Waals surface area (Å²) in [6.07, 6.45) is 7.01. The van der Waals surface area contributed by atoms with Crippen LogP contribution in [0, 0.1) is 0 Å². The maximum atomic E-state index is 3.46. The molecule has 0 aromatic heterocycles. The van der Waals surface area contributed by atoms with Gasteiger partial charge in [0.25, 0.3) is 0 Å². The van der Waals surface area contributed by atoms with Gasteiger partial charge in [-0.15, -0.1) is 0 Å². The summed E-state index contributed by atoms with van der Waals surface area (Å²) in [5.74, 6) is 0. The van der Waals surface area contributed by atoms with E-state index in [1.807, 2.05) is 0 Å². The molecule has 2 heteroatoms. The summed E-state index contributed by atoms with van der Waals surface area (Å²) in [4.78, 5) is 2.62. The maximum Gasteiger partial charge on any atom is 0.0108 e. The summed E-state index contributed by atoms with van der Waals surface area (Å²) >= 11 is 0. The van der Waals surface area contributed by atoms with Crippen molar-refractivity contribution in [3.05, 3.63) is 0 Å². The molecule has 1 saturated carbocycles. The lowest BCUT2D eigenvalue weighted by molar-refractivity contribution is 0.215. The minimum atomic E-state index is 0.868. The van der Waals surface area contributed by atoms with Crippen molar-refractivity contribution in [3.63, 3.8) is 0 Å². The van der Waals surface area contributed by atoms with Crippen LogP contribution in [-0.4, -0.2) is 37.1 Å². The van der Waals surface area contributed by atoms with Crippen LogP contribution in [0.1, 0.15) is 32.1 Å². The van der Waals surface area contributed by atoms with Crippen molar-refractivity contribution in [1.29, 1.82) is 0 Å². The highest BCUT2D eigenvalue weighted by Crippen LogP contribution is 2.29. The zero-order valence-electron chi connectivity index (χ0n) is 8.05. The summed E-state index contributed by atoms with van der Waals surface area (Å²) in [6, 6.07) is 1.81. The van der Waals surface area contributed by atoms with Crippen LogP contribution in [0.5, 0.6) is 0 Å². The molecule has 1 saturated heterocycles. The molecule has 0 spiro atoms. The van der Waals surface area contributed by atoms with E-state index in [-0.39, 0.29) is 0 Å². The van der Waals surface area contributed by atoms with E-state index < -0.39 is 0 Å². The predicted molar refractivity (Wildman–Crippen MR) is 51.3 cm³/mol. The van der Waals surface area contributed by atoms with E-state index in [0.29, 0.717) is 0 Å². The molecular formula is C10H20N2. The van der Waals surface area contributed by atoms with E-state index in [1.165, 1.54) is 45.2 Å². The standard InChI is InChI=1S/C10H20N2/c1-12(10-4-5-10)9-3-2-7-11-8-6-9/h9-11H,2-8H2,1H3. The van der Waals surface area contributed by atoms with Crippen LogP contribution >= 0.6 is 0 Å². The van der Waals surface area contributed by atoms with Gasteiger partial charge in [-0.1, -0.05) is 0 Å². The van der Waals surface area contributed by atoms with Gasteiger partial charge in [0.15, 0.2) is 0 Å². The predicted octanol–water partition coefficient (Wildman–Crippen LogP) is 1.22. The summed E-state index contributed by atoms with van der Waals surface area (Å²) in [7, 11) is 2.31. The first-order valence-corrected chi connectivity index (χ1v) is 5.30. The summed E-state index contributed by atoms with van der Waals surface area (Å²) < 4.78 is 0. The van der Waals surface area contributed by atoms with Crippen molar-refractivity contribution < 1.29 is 0 Å². The Labute approximate surface area is 75.3 Å². The van der Waals surface area contributed by atoms with Crippen molar-refractivity contribution in [2.45, 2.75) is 44.2 Å². The van der Waals surface area contributed by atoms with Gasteiger partial charge in [0.1, 0.15) is 0 Å². The normalized spacial score (nSPS) is 32.0. The zero-order valence-corrected chi connectivity index (χ0v) is 8.05. The molecular weight excluding hydrogens is 148 g/mol. The molecule has 0 amide bonds. The van der Waals surface area contributed by atoms with Crippen LogP contribution in [0.4, 0.5) is 0 Å². The van der Waals surface area contributed by atoms with Crippen LogP contribution in [0.15, 0.2) is 0 Å². The summed E-state index contributed by atoms with van der Waals surface area (Å²) in [5, 5.41) is 3.46. The fourth-order valence-corrected chi connectivity index (χ4v) is 2.19. The molecule has 2 rings (SSSR count). The first-order valence-electron chi connectivity index (χ1n) is 5.30. The molecule has 0 aromatic rings. The molecule has 0 bridgehead atoms. The van der Waals surface area contributed by atoms with E-state index in [9.17, 15) is 0 Å². The Morgan fingerprint density at radius 2 is 1.75 bits per heavy atom. The number of hydrogen-bond acceptors (Lipinski definition) is 2. The SMILES string of the molecule is CN(C1CCCNCC1)C1CC1. The monoisotopic (exact) mass is 168 g/mol. The van der Waals surface area contributed by atoms with Crippen LogP contribution in [0.2, 0.25) is 0 Å². The van der Waals surface area contributed by atoms with Gasteiger partial charge in [-0.2, -0.15) is 0 Å². The van der Waals surface area contributed by atoms with Crippen molar-refractivity contribution >= 4 is 0 Å². The van der Waals surface area contributed by atoms with Gasteiger partial charge >= 0.3 is 0 Å². The minimum Gasteiger partial charge on any atom is -0.317 e. The molecule has 1 aliphatic heterocycles. The average molecular weight is 168 g/mol. The van der Waals surface area contributed by atoms with Crippen molar-refractivity contribution in [2.75, 3.05) is 20.1 Å². The van der Waals surface area contributed by atoms with E-state index in [2.05, 4.69) is 17.3 Å². The summed E-state index contributed by atoms with van der Waals surface area (Å²) in [5.41, 5.74) is 0. The Balaban J connectivity index is 1.82. The second-order valence-corrected chi connectivity index (χ2v) is 4.23. The fraction of sp³-hybridized carbons (Fsp3) is 1.00. The Morgan fingerprint density at radius 3 is 2.50 bits per heavy atom. The quantitative estimate of drug-likeness (QED) is 0.667. The average Bonchev–Trinajstić information content (AvgIpc) is 2.92. The number of hydrogen-bond donors (Lipinski definition) is 1. The molecule has 0 aromatic carbocycles. The molecule has 2 aliphatic rings. The third kappa shape index (κ3) is 1.99. The lowest BCUT2D eigenvalue weighted by atomic mass is 10.1. The highest BCUT2D eigenvalue weighted by atomic mass is 15.2. The van der Waals surface area contributed by atoms with E-state index >= 15 is 0 Å². The molecule has 0 radical (unpaired) electrons. The second kappa shape index (κ2) is 3.75. The first-order chi connectivity index (χ1) is 5.88. The molecule has 70 valence electrons. The fourth-order valence-electron chi connectivity index (χ4n) is 2.19. The van der Waals surface area contributed by atoms with Crippen molar-refractivity contribution in [2.24, 2.45) is 0 Å². The molecule has 1 atom stereocenters. The second-order valence-electron chi connectivity index (χ2n) is 4.23. The van der Waals surface area contributed by atoms with Gasteiger partial charge in [0.2, 0.25) is 0 Å². The smallest absolute Gasteiger partial charge is 0.0108 e. The van der Waals surface area contributed by atoms with E-state index in [0.717, 1.165) is 12.1 Å². The van der Waals surface area contributed by atoms with Gasteiger partial charge in [-0.3, -0.25) is 0 Å². The summed E-state index contributed by atoms with van der Waals surface area (Å²) in [6.45, 7) is 2.46. The van der Waals surface area contributed by atoms with Crippen LogP contribution in [0.25, 0.3) is 0 Å². The largest absolute Gasteiger partial charge is 0.317 e. The Kier molecular flexibility index (Phi) is 2.66. The van der Waals surface area contributed by atoms with Gasteiger partial charge in [-0.25, -0.2) is 0 Å². The molecule has 1 heterocycles. The molecule has 1 unspecified atom stereocenters. The van der Waals surface area contributed by atoms with Crippen molar-refractivity contribution in [3.8, 4) is 0 Å². The molecule has 2 nitrogen and oxygen atoms in total. The third-order valence-electron chi connectivity index (χ3n) is 3.24. The highest BCUT2D eigenvalue weighted by Gasteiger charge is 2.30. The highest BCUT2D eigenvalue weighted by molar-refractivity contribution is 4.87. The number of rotatable bonds is 2. The number of nitrogens with one attached hydrogen (secondary N) is 1. The molecule has 12 heavy (non-hydrogen) atoms. The van der Waals surface area contributed by atoms with Crippen LogP contribution in [-0.2, 0) is 0 Å². The Hall–Kier alpha value is -0.0800. The van der Waals surface area contributed by atoms with E-state index in [4.69, 9.17) is 0 Å². The lowest BCUT2D eigenvalue weighted by Gasteiger charge is -2.26. The van der Waals surface area contributed by atoms with Gasteiger partial charge < -0.3 is 10.2 Å².